The fourth-order valence-electron chi connectivity index (χ4n) is 5.27. The number of aromatic nitrogens is 2. The molecule has 2 fully saturated rings. The van der Waals surface area contributed by atoms with Gasteiger partial charge in [0.15, 0.2) is 22.5 Å². The van der Waals surface area contributed by atoms with Crippen molar-refractivity contribution in [3.05, 3.63) is 45.7 Å². The van der Waals surface area contributed by atoms with Crippen molar-refractivity contribution in [1.82, 2.24) is 25.1 Å². The fraction of sp³-hybridized carbons (Fsp3) is 0.538. The predicted octanol–water partition coefficient (Wildman–Crippen LogP) is 1.65. The van der Waals surface area contributed by atoms with Crippen molar-refractivity contribution in [1.29, 1.82) is 0 Å². The van der Waals surface area contributed by atoms with Crippen LogP contribution in [0.15, 0.2) is 24.3 Å². The molecule has 4 rings (SSSR count). The number of rotatable bonds is 8. The second-order valence-electron chi connectivity index (χ2n) is 9.88. The first-order valence-corrected chi connectivity index (χ1v) is 13.9. The van der Waals surface area contributed by atoms with Crippen LogP contribution in [0.2, 0.25) is 10.2 Å². The van der Waals surface area contributed by atoms with Crippen LogP contribution in [0.4, 0.5) is 11.6 Å². The molecule has 2 amide bonds. The van der Waals surface area contributed by atoms with E-state index in [-0.39, 0.29) is 28.6 Å². The fourth-order valence-corrected chi connectivity index (χ4v) is 5.64. The van der Waals surface area contributed by atoms with E-state index in [2.05, 4.69) is 27.1 Å². The zero-order chi connectivity index (χ0) is 28.1. The van der Waals surface area contributed by atoms with Gasteiger partial charge in [0, 0.05) is 55.4 Å². The van der Waals surface area contributed by atoms with Gasteiger partial charge >= 0.3 is 0 Å². The molecule has 0 aliphatic carbocycles. The van der Waals surface area contributed by atoms with E-state index in [1.54, 1.807) is 24.3 Å². The van der Waals surface area contributed by atoms with E-state index >= 15 is 0 Å². The molecule has 0 bridgehead atoms. The van der Waals surface area contributed by atoms with Gasteiger partial charge in [-0.1, -0.05) is 30.1 Å². The van der Waals surface area contributed by atoms with Crippen molar-refractivity contribution in [2.45, 2.75) is 44.3 Å². The molecule has 5 N–H and O–H groups in total. The van der Waals surface area contributed by atoms with Crippen LogP contribution in [0.3, 0.4) is 0 Å². The van der Waals surface area contributed by atoms with Crippen molar-refractivity contribution in [3.8, 4) is 0 Å². The molecule has 1 aromatic heterocycles. The van der Waals surface area contributed by atoms with Gasteiger partial charge in [-0.3, -0.25) is 14.5 Å². The molecule has 11 nitrogen and oxygen atoms in total. The number of piperazine rings is 1. The lowest BCUT2D eigenvalue weighted by Gasteiger charge is -2.47. The van der Waals surface area contributed by atoms with Crippen LogP contribution in [0, 0.1) is 0 Å². The Hall–Kier alpha value is -2.70. The lowest BCUT2D eigenvalue weighted by Crippen LogP contribution is -2.58. The number of amides is 2. The molecule has 2 aliphatic rings. The third-order valence-electron chi connectivity index (χ3n) is 7.47. The number of nitrogens with two attached hydrogens (primary N) is 1. The maximum absolute atomic E-state index is 12.9. The molecule has 0 radical (unpaired) electrons. The summed E-state index contributed by atoms with van der Waals surface area (Å²) in [6.07, 6.45) is 2.72. The SMILES string of the molecule is CC[C@H]1CN(c2nc(N)c(C(=O)NC(CO)CO)nc2Cl)CCN1C1CCN(C(=O)c2ccc(Cl)cc2)CC1. The summed E-state index contributed by atoms with van der Waals surface area (Å²) in [4.78, 5) is 40.5. The summed E-state index contributed by atoms with van der Waals surface area (Å²) in [5.41, 5.74) is 6.56. The average molecular weight is 581 g/mol. The van der Waals surface area contributed by atoms with Gasteiger partial charge < -0.3 is 31.1 Å². The minimum Gasteiger partial charge on any atom is -0.394 e. The highest BCUT2D eigenvalue weighted by Gasteiger charge is 2.35. The number of nitrogens with one attached hydrogen (secondary N) is 1. The van der Waals surface area contributed by atoms with E-state index in [0.29, 0.717) is 48.6 Å². The van der Waals surface area contributed by atoms with Gasteiger partial charge in [-0.15, -0.1) is 0 Å². The van der Waals surface area contributed by atoms with Crippen LogP contribution in [0.5, 0.6) is 0 Å². The molecule has 3 heterocycles. The van der Waals surface area contributed by atoms with Gasteiger partial charge in [-0.05, 0) is 43.5 Å². The normalized spacial score (nSPS) is 19.0. The number of hydrogen-bond donors (Lipinski definition) is 4. The summed E-state index contributed by atoms with van der Waals surface area (Å²) in [5.74, 6) is -0.283. The maximum Gasteiger partial charge on any atom is 0.274 e. The molecule has 212 valence electrons. The first-order chi connectivity index (χ1) is 18.7. The molecule has 39 heavy (non-hydrogen) atoms. The monoisotopic (exact) mass is 579 g/mol. The Morgan fingerprint density at radius 2 is 1.74 bits per heavy atom. The third-order valence-corrected chi connectivity index (χ3v) is 7.97. The van der Waals surface area contributed by atoms with Gasteiger partial charge in [-0.2, -0.15) is 0 Å². The standard InChI is InChI=1S/C26H35Cl2N7O4/c1-2-19-13-34(24-22(28)31-21(23(29)32-24)25(38)30-18(14-36)15-37)11-12-35(19)20-7-9-33(10-8-20)26(39)16-3-5-17(27)6-4-16/h3-6,18-20,36-37H,2,7-15H2,1H3,(H2,29,32)(H,30,38)/t19-/m0/s1. The number of nitrogen functional groups attached to an aromatic ring is 1. The van der Waals surface area contributed by atoms with Crippen LogP contribution >= 0.6 is 23.2 Å². The Morgan fingerprint density at radius 1 is 1.08 bits per heavy atom. The quantitative estimate of drug-likeness (QED) is 0.366. The van der Waals surface area contributed by atoms with Crippen LogP contribution in [-0.4, -0.2) is 106 Å². The van der Waals surface area contributed by atoms with E-state index < -0.39 is 25.2 Å². The number of hydrogen-bond acceptors (Lipinski definition) is 9. The number of carbonyl (C=O) groups is 2. The molecule has 0 unspecified atom stereocenters. The van der Waals surface area contributed by atoms with E-state index in [9.17, 15) is 19.8 Å². The van der Waals surface area contributed by atoms with Gasteiger partial charge in [-0.25, -0.2) is 9.97 Å². The number of aliphatic hydroxyl groups excluding tert-OH is 2. The van der Waals surface area contributed by atoms with Crippen molar-refractivity contribution in [3.63, 3.8) is 0 Å². The highest BCUT2D eigenvalue weighted by molar-refractivity contribution is 6.32. The summed E-state index contributed by atoms with van der Waals surface area (Å²) >= 11 is 12.4. The summed E-state index contributed by atoms with van der Waals surface area (Å²) in [6.45, 7) is 4.83. The van der Waals surface area contributed by atoms with Crippen LogP contribution in [0.1, 0.15) is 47.0 Å². The summed E-state index contributed by atoms with van der Waals surface area (Å²) in [5, 5.41) is 21.6. The maximum atomic E-state index is 12.9. The van der Waals surface area contributed by atoms with Crippen molar-refractivity contribution in [2.24, 2.45) is 0 Å². The molecular formula is C26H35Cl2N7O4. The van der Waals surface area contributed by atoms with Crippen LogP contribution < -0.4 is 16.0 Å². The highest BCUT2D eigenvalue weighted by atomic mass is 35.5. The minimum atomic E-state index is -0.835. The average Bonchev–Trinajstić information content (AvgIpc) is 2.96. The smallest absolute Gasteiger partial charge is 0.274 e. The number of nitrogens with zero attached hydrogens (tertiary/aromatic N) is 5. The molecule has 2 saturated heterocycles. The number of carbonyl (C=O) groups excluding carboxylic acids is 2. The van der Waals surface area contributed by atoms with E-state index in [1.807, 2.05) is 9.80 Å². The first kappa shape index (κ1) is 29.3. The number of halogens is 2. The van der Waals surface area contributed by atoms with Gasteiger partial charge in [0.2, 0.25) is 0 Å². The molecule has 0 saturated carbocycles. The van der Waals surface area contributed by atoms with Gasteiger partial charge in [0.1, 0.15) is 0 Å². The number of benzene rings is 1. The minimum absolute atomic E-state index is 0.0353. The van der Waals surface area contributed by atoms with Crippen molar-refractivity contribution < 1.29 is 19.8 Å². The second kappa shape index (κ2) is 13.1. The van der Waals surface area contributed by atoms with Crippen molar-refractivity contribution >= 4 is 46.7 Å². The Labute approximate surface area is 237 Å². The Kier molecular flexibility index (Phi) is 9.84. The molecule has 2 aromatic rings. The van der Waals surface area contributed by atoms with E-state index in [1.165, 1.54) is 0 Å². The molecule has 0 spiro atoms. The van der Waals surface area contributed by atoms with Crippen LogP contribution in [0.25, 0.3) is 0 Å². The lowest BCUT2D eigenvalue weighted by atomic mass is 9.97. The highest BCUT2D eigenvalue weighted by Crippen LogP contribution is 2.30. The predicted molar refractivity (Wildman–Crippen MR) is 150 cm³/mol. The lowest BCUT2D eigenvalue weighted by molar-refractivity contribution is 0.0490. The number of piperidine rings is 1. The molecular weight excluding hydrogens is 545 g/mol. The second-order valence-corrected chi connectivity index (χ2v) is 10.7. The zero-order valence-corrected chi connectivity index (χ0v) is 23.4. The summed E-state index contributed by atoms with van der Waals surface area (Å²) < 4.78 is 0. The third kappa shape index (κ3) is 6.72. The molecule has 2 aliphatic heterocycles. The van der Waals surface area contributed by atoms with Gasteiger partial charge in [0.25, 0.3) is 11.8 Å². The topological polar surface area (TPSA) is 148 Å². The molecule has 1 atom stereocenters. The molecule has 13 heteroatoms. The Balaban J connectivity index is 1.38. The Bertz CT molecular complexity index is 1160. The van der Waals surface area contributed by atoms with E-state index in [0.717, 1.165) is 25.8 Å². The Morgan fingerprint density at radius 3 is 2.36 bits per heavy atom. The van der Waals surface area contributed by atoms with Gasteiger partial charge in [0.05, 0.1) is 19.3 Å². The van der Waals surface area contributed by atoms with E-state index in [4.69, 9.17) is 28.9 Å². The van der Waals surface area contributed by atoms with Crippen LogP contribution in [-0.2, 0) is 0 Å². The number of anilines is 2. The summed E-state index contributed by atoms with van der Waals surface area (Å²) in [7, 11) is 0. The first-order valence-electron chi connectivity index (χ1n) is 13.2. The summed E-state index contributed by atoms with van der Waals surface area (Å²) in [6, 6.07) is 6.80. The number of likely N-dealkylation sites (tertiary alicyclic amines) is 1. The molecule has 1 aromatic carbocycles. The zero-order valence-electron chi connectivity index (χ0n) is 21.9. The van der Waals surface area contributed by atoms with Crippen molar-refractivity contribution in [2.75, 3.05) is 56.6 Å². The largest absolute Gasteiger partial charge is 0.394 e. The number of aliphatic hydroxyl groups is 2.